The first kappa shape index (κ1) is 15.1. The van der Waals surface area contributed by atoms with Gasteiger partial charge in [-0.1, -0.05) is 54.6 Å². The van der Waals surface area contributed by atoms with Crippen molar-refractivity contribution in [3.8, 4) is 17.2 Å². The van der Waals surface area contributed by atoms with E-state index < -0.39 is 0 Å². The number of nitriles is 1. The lowest BCUT2D eigenvalue weighted by Crippen LogP contribution is -1.91. The van der Waals surface area contributed by atoms with Crippen LogP contribution in [0, 0.1) is 18.3 Å². The Morgan fingerprint density at radius 1 is 1.10 bits per heavy atom. The molecular formula is C20H21N. The summed E-state index contributed by atoms with van der Waals surface area (Å²) in [5.74, 6) is 0. The monoisotopic (exact) mass is 275 g/mol. The van der Waals surface area contributed by atoms with Crippen LogP contribution >= 0.6 is 0 Å². The van der Waals surface area contributed by atoms with Crippen LogP contribution in [0.1, 0.15) is 30.0 Å². The maximum absolute atomic E-state index is 8.62. The Bertz CT molecular complexity index is 672. The number of aryl methyl sites for hydroxylation is 2. The highest BCUT2D eigenvalue weighted by Gasteiger charge is 2.03. The molecule has 0 saturated heterocycles. The van der Waals surface area contributed by atoms with Crippen LogP contribution in [-0.2, 0) is 12.8 Å². The van der Waals surface area contributed by atoms with Crippen LogP contribution in [0.15, 0.2) is 54.6 Å². The third-order valence-corrected chi connectivity index (χ3v) is 3.65. The van der Waals surface area contributed by atoms with E-state index in [1.165, 1.54) is 33.4 Å². The fraction of sp³-hybridized carbons (Fsp3) is 0.250. The molecule has 1 nitrogen and oxygen atoms in total. The van der Waals surface area contributed by atoms with E-state index in [9.17, 15) is 0 Å². The van der Waals surface area contributed by atoms with Gasteiger partial charge >= 0.3 is 0 Å². The quantitative estimate of drug-likeness (QED) is 0.685. The van der Waals surface area contributed by atoms with Crippen LogP contribution in [0.5, 0.6) is 0 Å². The molecule has 21 heavy (non-hydrogen) atoms. The van der Waals surface area contributed by atoms with Gasteiger partial charge in [0.15, 0.2) is 0 Å². The second-order valence-corrected chi connectivity index (χ2v) is 5.63. The SMILES string of the molecule is C=C(C)Cc1ccc(-c2ccc(CCC#N)cc2)cc1C. The van der Waals surface area contributed by atoms with Gasteiger partial charge in [-0.15, -0.1) is 0 Å². The average Bonchev–Trinajstić information content (AvgIpc) is 2.47. The number of nitrogens with zero attached hydrogens (tertiary/aromatic N) is 1. The van der Waals surface area contributed by atoms with Gasteiger partial charge in [-0.25, -0.2) is 0 Å². The molecule has 2 rings (SSSR count). The lowest BCUT2D eigenvalue weighted by molar-refractivity contribution is 1.01. The zero-order valence-electron chi connectivity index (χ0n) is 12.8. The van der Waals surface area contributed by atoms with Gasteiger partial charge in [0.2, 0.25) is 0 Å². The molecule has 0 spiro atoms. The summed E-state index contributed by atoms with van der Waals surface area (Å²) in [4.78, 5) is 0. The third-order valence-electron chi connectivity index (χ3n) is 3.65. The Morgan fingerprint density at radius 3 is 2.33 bits per heavy atom. The van der Waals surface area contributed by atoms with Gasteiger partial charge in [-0.3, -0.25) is 0 Å². The Balaban J connectivity index is 2.20. The topological polar surface area (TPSA) is 23.8 Å². The first-order valence-electron chi connectivity index (χ1n) is 7.30. The number of allylic oxidation sites excluding steroid dienone is 1. The highest BCUT2D eigenvalue weighted by atomic mass is 14.2. The Hall–Kier alpha value is -2.33. The Labute approximate surface area is 127 Å². The number of hydrogen-bond acceptors (Lipinski definition) is 1. The van der Waals surface area contributed by atoms with Crippen molar-refractivity contribution in [3.05, 3.63) is 71.3 Å². The second kappa shape index (κ2) is 6.90. The minimum atomic E-state index is 0.577. The van der Waals surface area contributed by atoms with Gasteiger partial charge in [0.25, 0.3) is 0 Å². The molecule has 0 aliphatic heterocycles. The van der Waals surface area contributed by atoms with Crippen molar-refractivity contribution >= 4 is 0 Å². The summed E-state index contributed by atoms with van der Waals surface area (Å²) < 4.78 is 0. The van der Waals surface area contributed by atoms with Gasteiger partial charge in [-0.05, 0) is 54.5 Å². The molecular weight excluding hydrogens is 254 g/mol. The van der Waals surface area contributed by atoms with Gasteiger partial charge in [-0.2, -0.15) is 5.26 Å². The van der Waals surface area contributed by atoms with E-state index >= 15 is 0 Å². The van der Waals surface area contributed by atoms with Crippen molar-refractivity contribution in [3.63, 3.8) is 0 Å². The summed E-state index contributed by atoms with van der Waals surface area (Å²) in [5, 5.41) is 8.62. The molecule has 0 bridgehead atoms. The molecule has 0 atom stereocenters. The molecule has 0 unspecified atom stereocenters. The van der Waals surface area contributed by atoms with Crippen LogP contribution in [0.4, 0.5) is 0 Å². The first-order chi connectivity index (χ1) is 10.1. The summed E-state index contributed by atoms with van der Waals surface area (Å²) in [6, 6.07) is 17.3. The predicted molar refractivity (Wildman–Crippen MR) is 89.1 cm³/mol. The molecule has 0 saturated carbocycles. The van der Waals surface area contributed by atoms with Crippen molar-refractivity contribution in [2.24, 2.45) is 0 Å². The van der Waals surface area contributed by atoms with E-state index in [4.69, 9.17) is 5.26 Å². The first-order valence-corrected chi connectivity index (χ1v) is 7.30. The van der Waals surface area contributed by atoms with Crippen LogP contribution in [-0.4, -0.2) is 0 Å². The van der Waals surface area contributed by atoms with Crippen molar-refractivity contribution in [2.45, 2.75) is 33.1 Å². The highest BCUT2D eigenvalue weighted by molar-refractivity contribution is 5.65. The zero-order valence-corrected chi connectivity index (χ0v) is 12.8. The summed E-state index contributed by atoms with van der Waals surface area (Å²) in [7, 11) is 0. The van der Waals surface area contributed by atoms with E-state index in [-0.39, 0.29) is 0 Å². The number of benzene rings is 2. The normalized spacial score (nSPS) is 10.1. The fourth-order valence-electron chi connectivity index (χ4n) is 2.46. The van der Waals surface area contributed by atoms with Gasteiger partial charge < -0.3 is 0 Å². The maximum Gasteiger partial charge on any atom is 0.0625 e. The van der Waals surface area contributed by atoms with Crippen molar-refractivity contribution in [1.29, 1.82) is 5.26 Å². The molecule has 106 valence electrons. The van der Waals surface area contributed by atoms with Gasteiger partial charge in [0.1, 0.15) is 0 Å². The molecule has 2 aromatic carbocycles. The molecule has 0 heterocycles. The van der Waals surface area contributed by atoms with Crippen molar-refractivity contribution in [1.82, 2.24) is 0 Å². The van der Waals surface area contributed by atoms with E-state index in [0.717, 1.165) is 12.8 Å². The van der Waals surface area contributed by atoms with E-state index in [1.807, 2.05) is 0 Å². The molecule has 0 amide bonds. The second-order valence-electron chi connectivity index (χ2n) is 5.63. The zero-order chi connectivity index (χ0) is 15.2. The largest absolute Gasteiger partial charge is 0.198 e. The molecule has 0 aliphatic carbocycles. The molecule has 0 aliphatic rings. The summed E-state index contributed by atoms with van der Waals surface area (Å²) in [6.07, 6.45) is 2.35. The molecule has 0 N–H and O–H groups in total. The van der Waals surface area contributed by atoms with Crippen LogP contribution < -0.4 is 0 Å². The standard InChI is InChI=1S/C20H21N/c1-15(2)13-19-10-11-20(14-16(19)3)18-8-6-17(7-9-18)5-4-12-21/h6-11,14H,1,4-5,13H2,2-3H3. The third kappa shape index (κ3) is 4.07. The minimum Gasteiger partial charge on any atom is -0.198 e. The molecule has 2 aromatic rings. The van der Waals surface area contributed by atoms with E-state index in [0.29, 0.717) is 6.42 Å². The minimum absolute atomic E-state index is 0.577. The lowest BCUT2D eigenvalue weighted by Gasteiger charge is -2.09. The summed E-state index contributed by atoms with van der Waals surface area (Å²) in [5.41, 5.74) is 7.52. The maximum atomic E-state index is 8.62. The smallest absolute Gasteiger partial charge is 0.0625 e. The van der Waals surface area contributed by atoms with Gasteiger partial charge in [0, 0.05) is 6.42 Å². The van der Waals surface area contributed by atoms with Crippen molar-refractivity contribution < 1.29 is 0 Å². The molecule has 1 heteroatoms. The van der Waals surface area contributed by atoms with Crippen LogP contribution in [0.2, 0.25) is 0 Å². The number of hydrogen-bond donors (Lipinski definition) is 0. The van der Waals surface area contributed by atoms with E-state index in [2.05, 4.69) is 69.0 Å². The van der Waals surface area contributed by atoms with E-state index in [1.54, 1.807) is 0 Å². The highest BCUT2D eigenvalue weighted by Crippen LogP contribution is 2.24. The van der Waals surface area contributed by atoms with Gasteiger partial charge in [0.05, 0.1) is 6.07 Å². The summed E-state index contributed by atoms with van der Waals surface area (Å²) >= 11 is 0. The summed E-state index contributed by atoms with van der Waals surface area (Å²) in [6.45, 7) is 8.20. The Kier molecular flexibility index (Phi) is 4.95. The fourth-order valence-corrected chi connectivity index (χ4v) is 2.46. The molecule has 0 fully saturated rings. The Morgan fingerprint density at radius 2 is 1.76 bits per heavy atom. The predicted octanol–water partition coefficient (Wildman–Crippen LogP) is 5.24. The van der Waals surface area contributed by atoms with Crippen LogP contribution in [0.3, 0.4) is 0 Å². The molecule has 0 aromatic heterocycles. The lowest BCUT2D eigenvalue weighted by atomic mass is 9.96. The van der Waals surface area contributed by atoms with Crippen LogP contribution in [0.25, 0.3) is 11.1 Å². The number of rotatable bonds is 5. The molecule has 0 radical (unpaired) electrons. The average molecular weight is 275 g/mol. The van der Waals surface area contributed by atoms with Crippen molar-refractivity contribution in [2.75, 3.05) is 0 Å².